The van der Waals surface area contributed by atoms with Gasteiger partial charge in [-0.05, 0) is 37.9 Å². The summed E-state index contributed by atoms with van der Waals surface area (Å²) in [5.74, 6) is 0.880. The van der Waals surface area contributed by atoms with E-state index >= 15 is 0 Å². The number of aromatic nitrogens is 1. The quantitative estimate of drug-likeness (QED) is 0.646. The molecule has 0 aromatic carbocycles. The van der Waals surface area contributed by atoms with Gasteiger partial charge in [0.2, 0.25) is 0 Å². The summed E-state index contributed by atoms with van der Waals surface area (Å²) in [7, 11) is 0. The maximum atomic E-state index is 5.67. The van der Waals surface area contributed by atoms with E-state index in [1.807, 2.05) is 12.3 Å². The van der Waals surface area contributed by atoms with Gasteiger partial charge in [-0.15, -0.1) is 0 Å². The molecule has 0 amide bonds. The van der Waals surface area contributed by atoms with Crippen molar-refractivity contribution >= 4 is 0 Å². The summed E-state index contributed by atoms with van der Waals surface area (Å²) in [5.41, 5.74) is 1.11. The lowest BCUT2D eigenvalue weighted by Gasteiger charge is -2.16. The van der Waals surface area contributed by atoms with Crippen LogP contribution in [0.2, 0.25) is 0 Å². The minimum absolute atomic E-state index is 0.356. The van der Waals surface area contributed by atoms with Crippen LogP contribution in [0.4, 0.5) is 0 Å². The zero-order chi connectivity index (χ0) is 13.9. The van der Waals surface area contributed by atoms with Crippen molar-refractivity contribution in [1.82, 2.24) is 10.3 Å². The third-order valence-electron chi connectivity index (χ3n) is 3.18. The lowest BCUT2D eigenvalue weighted by Crippen LogP contribution is -2.22. The van der Waals surface area contributed by atoms with Gasteiger partial charge in [-0.3, -0.25) is 4.98 Å². The summed E-state index contributed by atoms with van der Waals surface area (Å²) in [6, 6.07) is 4.46. The number of ether oxygens (including phenoxy) is 1. The van der Waals surface area contributed by atoms with Crippen LogP contribution in [0.3, 0.4) is 0 Å². The summed E-state index contributed by atoms with van der Waals surface area (Å²) in [5, 5.41) is 3.51. The number of pyridine rings is 1. The molecule has 3 nitrogen and oxygen atoms in total. The summed E-state index contributed by atoms with van der Waals surface area (Å²) in [6.45, 7) is 8.39. The van der Waals surface area contributed by atoms with Crippen molar-refractivity contribution in [2.24, 2.45) is 0 Å². The Balaban J connectivity index is 2.45. The van der Waals surface area contributed by atoms with Crippen LogP contribution in [-0.4, -0.2) is 18.1 Å². The maximum Gasteiger partial charge on any atom is 0.137 e. The van der Waals surface area contributed by atoms with E-state index in [1.165, 1.54) is 12.8 Å². The predicted molar refractivity (Wildman–Crippen MR) is 80.6 cm³/mol. The summed E-state index contributed by atoms with van der Waals surface area (Å²) in [6.07, 6.45) is 7.62. The summed E-state index contributed by atoms with van der Waals surface area (Å²) >= 11 is 0. The zero-order valence-corrected chi connectivity index (χ0v) is 12.6. The number of nitrogens with zero attached hydrogens (tertiary/aromatic N) is 1. The second kappa shape index (κ2) is 9.79. The van der Waals surface area contributed by atoms with E-state index in [0.717, 1.165) is 43.9 Å². The van der Waals surface area contributed by atoms with Gasteiger partial charge in [0.15, 0.2) is 0 Å². The molecule has 0 aliphatic rings. The Kier molecular flexibility index (Phi) is 8.23. The molecule has 0 saturated carbocycles. The first-order chi connectivity index (χ1) is 9.31. The molecule has 1 atom stereocenters. The van der Waals surface area contributed by atoms with E-state index in [-0.39, 0.29) is 0 Å². The van der Waals surface area contributed by atoms with Gasteiger partial charge in [0.1, 0.15) is 5.75 Å². The van der Waals surface area contributed by atoms with Crippen LogP contribution in [0.15, 0.2) is 18.3 Å². The van der Waals surface area contributed by atoms with Crippen LogP contribution in [0.5, 0.6) is 5.75 Å². The van der Waals surface area contributed by atoms with E-state index in [0.29, 0.717) is 6.04 Å². The highest BCUT2D eigenvalue weighted by Gasteiger charge is 2.09. The molecule has 0 aliphatic heterocycles. The number of rotatable bonds is 10. The second-order valence-electron chi connectivity index (χ2n) is 4.89. The van der Waals surface area contributed by atoms with Crippen LogP contribution in [0, 0.1) is 0 Å². The van der Waals surface area contributed by atoms with Crippen molar-refractivity contribution in [3.8, 4) is 5.75 Å². The minimum atomic E-state index is 0.356. The maximum absolute atomic E-state index is 5.67. The topological polar surface area (TPSA) is 34.1 Å². The van der Waals surface area contributed by atoms with E-state index in [4.69, 9.17) is 4.74 Å². The minimum Gasteiger partial charge on any atom is -0.492 e. The highest BCUT2D eigenvalue weighted by Crippen LogP contribution is 2.17. The summed E-state index contributed by atoms with van der Waals surface area (Å²) < 4.78 is 5.67. The molecule has 1 unspecified atom stereocenters. The van der Waals surface area contributed by atoms with Crippen molar-refractivity contribution < 1.29 is 4.74 Å². The van der Waals surface area contributed by atoms with E-state index in [1.54, 1.807) is 0 Å². The summed E-state index contributed by atoms with van der Waals surface area (Å²) in [4.78, 5) is 4.51. The largest absolute Gasteiger partial charge is 0.492 e. The molecule has 1 heterocycles. The predicted octanol–water partition coefficient (Wildman–Crippen LogP) is 4.10. The van der Waals surface area contributed by atoms with E-state index < -0.39 is 0 Å². The van der Waals surface area contributed by atoms with Crippen LogP contribution in [0.1, 0.15) is 64.6 Å². The molecule has 0 bridgehead atoms. The molecule has 1 aromatic heterocycles. The van der Waals surface area contributed by atoms with Crippen LogP contribution in [-0.2, 0) is 0 Å². The molecule has 108 valence electrons. The fraction of sp³-hybridized carbons (Fsp3) is 0.688. The van der Waals surface area contributed by atoms with Gasteiger partial charge in [0, 0.05) is 6.04 Å². The van der Waals surface area contributed by atoms with Crippen molar-refractivity contribution in [1.29, 1.82) is 0 Å². The fourth-order valence-electron chi connectivity index (χ4n) is 2.00. The number of hydrogen-bond acceptors (Lipinski definition) is 3. The van der Waals surface area contributed by atoms with Gasteiger partial charge in [0.05, 0.1) is 18.5 Å². The Morgan fingerprint density at radius 3 is 2.58 bits per heavy atom. The first-order valence-corrected chi connectivity index (χ1v) is 7.63. The molecular formula is C16H28N2O. The SMILES string of the molecule is CCCCCOc1ccc(C(CC)NCCC)nc1. The van der Waals surface area contributed by atoms with Crippen LogP contribution >= 0.6 is 0 Å². The monoisotopic (exact) mass is 264 g/mol. The molecule has 1 N–H and O–H groups in total. The normalized spacial score (nSPS) is 12.4. The van der Waals surface area contributed by atoms with E-state index in [9.17, 15) is 0 Å². The second-order valence-corrected chi connectivity index (χ2v) is 4.89. The molecule has 1 rings (SSSR count). The zero-order valence-electron chi connectivity index (χ0n) is 12.6. The van der Waals surface area contributed by atoms with Crippen molar-refractivity contribution in [3.63, 3.8) is 0 Å². The van der Waals surface area contributed by atoms with Crippen molar-refractivity contribution in [2.75, 3.05) is 13.2 Å². The average Bonchev–Trinajstić information content (AvgIpc) is 2.46. The first-order valence-electron chi connectivity index (χ1n) is 7.63. The Morgan fingerprint density at radius 1 is 1.16 bits per heavy atom. The van der Waals surface area contributed by atoms with Crippen molar-refractivity contribution in [3.05, 3.63) is 24.0 Å². The Bertz CT molecular complexity index is 324. The molecule has 0 fully saturated rings. The molecule has 0 spiro atoms. The number of nitrogens with one attached hydrogen (secondary N) is 1. The average molecular weight is 264 g/mol. The smallest absolute Gasteiger partial charge is 0.137 e. The molecular weight excluding hydrogens is 236 g/mol. The molecule has 0 radical (unpaired) electrons. The molecule has 0 aliphatic carbocycles. The van der Waals surface area contributed by atoms with Gasteiger partial charge >= 0.3 is 0 Å². The third kappa shape index (κ3) is 6.06. The Morgan fingerprint density at radius 2 is 2.00 bits per heavy atom. The number of unbranched alkanes of at least 4 members (excludes halogenated alkanes) is 2. The highest BCUT2D eigenvalue weighted by molar-refractivity contribution is 5.21. The van der Waals surface area contributed by atoms with Gasteiger partial charge in [0.25, 0.3) is 0 Å². The third-order valence-corrected chi connectivity index (χ3v) is 3.18. The lowest BCUT2D eigenvalue weighted by molar-refractivity contribution is 0.304. The fourth-order valence-corrected chi connectivity index (χ4v) is 2.00. The van der Waals surface area contributed by atoms with E-state index in [2.05, 4.69) is 37.1 Å². The van der Waals surface area contributed by atoms with Crippen LogP contribution < -0.4 is 10.1 Å². The Hall–Kier alpha value is -1.09. The molecule has 0 saturated heterocycles. The standard InChI is InChI=1S/C16H28N2O/c1-4-7-8-12-19-14-9-10-16(18-13-14)15(6-3)17-11-5-2/h9-10,13,15,17H,4-8,11-12H2,1-3H3. The lowest BCUT2D eigenvalue weighted by atomic mass is 10.1. The number of hydrogen-bond donors (Lipinski definition) is 1. The molecule has 3 heteroatoms. The van der Waals surface area contributed by atoms with Gasteiger partial charge in [-0.25, -0.2) is 0 Å². The molecule has 19 heavy (non-hydrogen) atoms. The van der Waals surface area contributed by atoms with Crippen LogP contribution in [0.25, 0.3) is 0 Å². The van der Waals surface area contributed by atoms with Gasteiger partial charge in [-0.2, -0.15) is 0 Å². The van der Waals surface area contributed by atoms with Gasteiger partial charge < -0.3 is 10.1 Å². The van der Waals surface area contributed by atoms with Gasteiger partial charge in [-0.1, -0.05) is 33.6 Å². The first kappa shape index (κ1) is 16.0. The molecule has 1 aromatic rings. The highest BCUT2D eigenvalue weighted by atomic mass is 16.5. The van der Waals surface area contributed by atoms with Crippen molar-refractivity contribution in [2.45, 2.75) is 58.9 Å². The Labute approximate surface area is 117 Å².